The van der Waals surface area contributed by atoms with Crippen LogP contribution < -0.4 is 11.1 Å². The Bertz CT molecular complexity index is 891. The third-order valence-corrected chi connectivity index (χ3v) is 4.67. The van der Waals surface area contributed by atoms with Gasteiger partial charge in [-0.05, 0) is 5.92 Å². The third kappa shape index (κ3) is 5.96. The van der Waals surface area contributed by atoms with E-state index >= 15 is 0 Å². The molecule has 0 aliphatic heterocycles. The van der Waals surface area contributed by atoms with Crippen LogP contribution in [0.5, 0.6) is 0 Å². The first-order valence-electron chi connectivity index (χ1n) is 8.71. The van der Waals surface area contributed by atoms with E-state index in [0.29, 0.717) is 10.7 Å². The van der Waals surface area contributed by atoms with Crippen LogP contribution in [0.25, 0.3) is 11.6 Å². The highest BCUT2D eigenvalue weighted by molar-refractivity contribution is 7.09. The lowest BCUT2D eigenvalue weighted by Crippen LogP contribution is -2.46. The van der Waals surface area contributed by atoms with Gasteiger partial charge in [0, 0.05) is 11.9 Å². The van der Waals surface area contributed by atoms with Crippen molar-refractivity contribution in [1.29, 1.82) is 0 Å². The van der Waals surface area contributed by atoms with E-state index in [1.54, 1.807) is 19.2 Å². The molecule has 4 N–H and O–H groups in total. The SMILES string of the molecule is C=C[C@H](CC(=O)O)OC(=O)[C@@H](NC(=O)c1coc(-c2csc(CN)n2)n1)C(C)C. The lowest BCUT2D eigenvalue weighted by Gasteiger charge is -2.22. The maximum Gasteiger partial charge on any atom is 0.329 e. The number of ether oxygens (including phenoxy) is 1. The summed E-state index contributed by atoms with van der Waals surface area (Å²) in [5.74, 6) is -2.71. The molecule has 2 rings (SSSR count). The summed E-state index contributed by atoms with van der Waals surface area (Å²) in [7, 11) is 0. The highest BCUT2D eigenvalue weighted by Gasteiger charge is 2.29. The van der Waals surface area contributed by atoms with Gasteiger partial charge >= 0.3 is 11.9 Å². The molecule has 0 saturated carbocycles. The van der Waals surface area contributed by atoms with Crippen LogP contribution in [0.15, 0.2) is 28.7 Å². The molecule has 0 aliphatic carbocycles. The Morgan fingerprint density at radius 3 is 2.69 bits per heavy atom. The molecule has 0 spiro atoms. The van der Waals surface area contributed by atoms with Gasteiger partial charge in [0.05, 0.1) is 6.42 Å². The Hall–Kier alpha value is -3.05. The summed E-state index contributed by atoms with van der Waals surface area (Å²) in [4.78, 5) is 44.1. The number of aromatic nitrogens is 2. The van der Waals surface area contributed by atoms with E-state index in [4.69, 9.17) is 20.0 Å². The molecule has 0 bridgehead atoms. The van der Waals surface area contributed by atoms with E-state index in [1.165, 1.54) is 17.4 Å². The number of hydrogen-bond donors (Lipinski definition) is 3. The Labute approximate surface area is 170 Å². The maximum atomic E-state index is 12.5. The van der Waals surface area contributed by atoms with Crippen LogP contribution in [-0.4, -0.2) is 45.1 Å². The number of carbonyl (C=O) groups excluding carboxylic acids is 2. The molecule has 0 fully saturated rings. The van der Waals surface area contributed by atoms with Crippen molar-refractivity contribution < 1.29 is 28.6 Å². The van der Waals surface area contributed by atoms with E-state index in [2.05, 4.69) is 21.9 Å². The van der Waals surface area contributed by atoms with Gasteiger partial charge in [0.25, 0.3) is 5.91 Å². The van der Waals surface area contributed by atoms with Gasteiger partial charge in [0.15, 0.2) is 5.69 Å². The number of aliphatic carboxylic acids is 1. The topological polar surface area (TPSA) is 158 Å². The van der Waals surface area contributed by atoms with Crippen molar-refractivity contribution in [1.82, 2.24) is 15.3 Å². The summed E-state index contributed by atoms with van der Waals surface area (Å²) in [6.45, 7) is 7.16. The summed E-state index contributed by atoms with van der Waals surface area (Å²) in [6.07, 6.45) is 0.960. The van der Waals surface area contributed by atoms with E-state index in [1.807, 2.05) is 0 Å². The molecule has 0 unspecified atom stereocenters. The molecule has 156 valence electrons. The minimum atomic E-state index is -1.14. The second-order valence-electron chi connectivity index (χ2n) is 6.37. The van der Waals surface area contributed by atoms with Crippen molar-refractivity contribution in [3.63, 3.8) is 0 Å². The summed E-state index contributed by atoms with van der Waals surface area (Å²) in [5.41, 5.74) is 5.95. The van der Waals surface area contributed by atoms with Gasteiger partial charge < -0.3 is 25.3 Å². The zero-order valence-electron chi connectivity index (χ0n) is 16.0. The zero-order valence-corrected chi connectivity index (χ0v) is 16.8. The van der Waals surface area contributed by atoms with Crippen molar-refractivity contribution in [2.24, 2.45) is 11.7 Å². The van der Waals surface area contributed by atoms with Crippen LogP contribution in [-0.2, 0) is 20.9 Å². The second-order valence-corrected chi connectivity index (χ2v) is 7.32. The molecule has 0 aliphatic rings. The lowest BCUT2D eigenvalue weighted by atomic mass is 10.0. The Morgan fingerprint density at radius 2 is 2.14 bits per heavy atom. The van der Waals surface area contributed by atoms with Crippen molar-refractivity contribution in [2.75, 3.05) is 0 Å². The molecule has 2 heterocycles. The molecule has 0 radical (unpaired) electrons. The predicted molar refractivity (Wildman–Crippen MR) is 104 cm³/mol. The number of hydrogen-bond acceptors (Lipinski definition) is 9. The number of nitrogens with zero attached hydrogens (tertiary/aromatic N) is 2. The number of rotatable bonds is 10. The highest BCUT2D eigenvalue weighted by atomic mass is 32.1. The van der Waals surface area contributed by atoms with Gasteiger partial charge in [-0.2, -0.15) is 0 Å². The van der Waals surface area contributed by atoms with Crippen molar-refractivity contribution >= 4 is 29.2 Å². The first-order chi connectivity index (χ1) is 13.7. The molecule has 2 atom stereocenters. The van der Waals surface area contributed by atoms with E-state index < -0.39 is 36.4 Å². The maximum absolute atomic E-state index is 12.5. The van der Waals surface area contributed by atoms with Crippen LogP contribution in [0.3, 0.4) is 0 Å². The average Bonchev–Trinajstić information content (AvgIpc) is 3.33. The number of carbonyl (C=O) groups is 3. The Balaban J connectivity index is 2.08. The number of nitrogens with two attached hydrogens (primary N) is 1. The number of oxazole rings is 1. The normalized spacial score (nSPS) is 13.0. The molecule has 1 amide bonds. The van der Waals surface area contributed by atoms with Gasteiger partial charge in [-0.1, -0.05) is 26.5 Å². The fourth-order valence-corrected chi connectivity index (χ4v) is 2.93. The van der Waals surface area contributed by atoms with Gasteiger partial charge in [-0.15, -0.1) is 11.3 Å². The van der Waals surface area contributed by atoms with E-state index in [9.17, 15) is 14.4 Å². The fraction of sp³-hybridized carbons (Fsp3) is 0.389. The van der Waals surface area contributed by atoms with Crippen LogP contribution in [0, 0.1) is 5.92 Å². The molecule has 0 saturated heterocycles. The number of carboxylic acids is 1. The van der Waals surface area contributed by atoms with E-state index in [0.717, 1.165) is 6.26 Å². The van der Waals surface area contributed by atoms with Crippen molar-refractivity contribution in [3.05, 3.63) is 35.0 Å². The highest BCUT2D eigenvalue weighted by Crippen LogP contribution is 2.21. The minimum absolute atomic E-state index is 0.0356. The quantitative estimate of drug-likeness (QED) is 0.382. The van der Waals surface area contributed by atoms with Gasteiger partial charge in [0.1, 0.15) is 29.1 Å². The summed E-state index contributed by atoms with van der Waals surface area (Å²) in [6, 6.07) is -1.01. The Morgan fingerprint density at radius 1 is 1.41 bits per heavy atom. The largest absolute Gasteiger partial charge is 0.481 e. The molecular formula is C18H22N4O6S. The standard InChI is InChI=1S/C18H22N4O6S/c1-4-10(5-14(23)24)28-18(26)15(9(2)3)22-16(25)11-7-27-17(21-11)12-8-29-13(6-19)20-12/h4,7-10,15H,1,5-6,19H2,2-3H3,(H,22,25)(H,23,24)/t10-,15+/m1/s1. The fourth-order valence-electron chi connectivity index (χ4n) is 2.28. The lowest BCUT2D eigenvalue weighted by molar-refractivity contribution is -0.153. The summed E-state index contributed by atoms with van der Waals surface area (Å²) >= 11 is 1.34. The molecule has 11 heteroatoms. The summed E-state index contributed by atoms with van der Waals surface area (Å²) in [5, 5.41) is 13.8. The minimum Gasteiger partial charge on any atom is -0.481 e. The monoisotopic (exact) mass is 422 g/mol. The van der Waals surface area contributed by atoms with Gasteiger partial charge in [-0.3, -0.25) is 9.59 Å². The number of nitrogens with one attached hydrogen (secondary N) is 1. The predicted octanol–water partition coefficient (Wildman–Crippen LogP) is 1.58. The van der Waals surface area contributed by atoms with Gasteiger partial charge in [0.2, 0.25) is 5.89 Å². The first-order valence-corrected chi connectivity index (χ1v) is 9.59. The van der Waals surface area contributed by atoms with E-state index in [-0.39, 0.29) is 24.0 Å². The van der Waals surface area contributed by atoms with Crippen LogP contribution in [0.2, 0.25) is 0 Å². The van der Waals surface area contributed by atoms with Gasteiger partial charge in [-0.25, -0.2) is 14.8 Å². The molecule has 2 aromatic rings. The third-order valence-electron chi connectivity index (χ3n) is 3.80. The van der Waals surface area contributed by atoms with Crippen molar-refractivity contribution in [2.45, 2.75) is 39.0 Å². The number of esters is 1. The van der Waals surface area contributed by atoms with Crippen molar-refractivity contribution in [3.8, 4) is 11.6 Å². The average molecular weight is 422 g/mol. The molecule has 2 aromatic heterocycles. The first kappa shape index (κ1) is 22.2. The Kier molecular flexibility index (Phi) is 7.62. The molecule has 10 nitrogen and oxygen atoms in total. The van der Waals surface area contributed by atoms with Crippen LogP contribution >= 0.6 is 11.3 Å². The number of amides is 1. The molecular weight excluding hydrogens is 400 g/mol. The smallest absolute Gasteiger partial charge is 0.329 e. The van der Waals surface area contributed by atoms with Crippen LogP contribution in [0.1, 0.15) is 35.8 Å². The molecule has 0 aromatic carbocycles. The zero-order chi connectivity index (χ0) is 21.6. The second kappa shape index (κ2) is 9.94. The number of thiazole rings is 1. The summed E-state index contributed by atoms with van der Waals surface area (Å²) < 4.78 is 10.4. The van der Waals surface area contributed by atoms with Crippen LogP contribution in [0.4, 0.5) is 0 Å². The molecule has 29 heavy (non-hydrogen) atoms. The number of carboxylic acid groups (broad SMARTS) is 1.